The Hall–Kier alpha value is -0.430. The van der Waals surface area contributed by atoms with E-state index in [0.29, 0.717) is 6.42 Å². The van der Waals surface area contributed by atoms with Crippen LogP contribution in [0.2, 0.25) is 0 Å². The molecule has 0 aliphatic rings. The van der Waals surface area contributed by atoms with Gasteiger partial charge in [0.2, 0.25) is 0 Å². The van der Waals surface area contributed by atoms with Gasteiger partial charge in [-0.3, -0.25) is 15.9 Å². The number of rotatable bonds is 20. The number of carbonyl (C=O) groups excluding carboxylic acids is 1. The summed E-state index contributed by atoms with van der Waals surface area (Å²) in [7, 11) is 0. The minimum absolute atomic E-state index is 0. The Morgan fingerprint density at radius 1 is 0.767 bits per heavy atom. The molecule has 1 atom stereocenters. The Kier molecular flexibility index (Phi) is 32.6. The molecule has 0 aromatic rings. The van der Waals surface area contributed by atoms with Crippen molar-refractivity contribution in [2.24, 2.45) is 5.73 Å². The van der Waals surface area contributed by atoms with Crippen LogP contribution >= 0.6 is 0 Å². The van der Waals surface area contributed by atoms with Crippen molar-refractivity contribution in [2.45, 2.75) is 129 Å². The van der Waals surface area contributed by atoms with Crippen LogP contribution in [0.4, 0.5) is 0 Å². The second kappa shape index (κ2) is 28.6. The molecule has 0 aromatic carbocycles. The SMILES string of the molecule is CCCCCCCCCCCCCCCCC[C-]=O.NC(CCC(=O)O)C(=O)O.[Na+]. The van der Waals surface area contributed by atoms with Gasteiger partial charge in [-0.05, 0) is 6.42 Å². The zero-order chi connectivity index (χ0) is 22.2. The van der Waals surface area contributed by atoms with Gasteiger partial charge in [0.05, 0.1) is 0 Å². The summed E-state index contributed by atoms with van der Waals surface area (Å²) in [5.41, 5.74) is 5.00. The molecule has 0 aliphatic carbocycles. The fourth-order valence-electron chi connectivity index (χ4n) is 2.97. The summed E-state index contributed by atoms with van der Waals surface area (Å²) < 4.78 is 0. The van der Waals surface area contributed by atoms with Gasteiger partial charge >= 0.3 is 41.5 Å². The van der Waals surface area contributed by atoms with Gasteiger partial charge in [-0.1, -0.05) is 103 Å². The third-order valence-electron chi connectivity index (χ3n) is 4.87. The summed E-state index contributed by atoms with van der Waals surface area (Å²) >= 11 is 0. The summed E-state index contributed by atoms with van der Waals surface area (Å²) in [4.78, 5) is 29.9. The van der Waals surface area contributed by atoms with E-state index in [1.165, 1.54) is 89.9 Å². The molecule has 30 heavy (non-hydrogen) atoms. The number of unbranched alkanes of at least 4 members (excludes halogenated alkanes) is 15. The molecule has 172 valence electrons. The molecule has 7 heteroatoms. The van der Waals surface area contributed by atoms with Crippen LogP contribution in [0.1, 0.15) is 122 Å². The molecule has 0 fully saturated rings. The van der Waals surface area contributed by atoms with Gasteiger partial charge in [0.15, 0.2) is 0 Å². The van der Waals surface area contributed by atoms with Crippen LogP contribution in [-0.2, 0) is 14.4 Å². The maximum atomic E-state index is 10.0. The summed E-state index contributed by atoms with van der Waals surface area (Å²) in [6, 6.07) is -1.06. The molecule has 0 saturated heterocycles. The largest absolute Gasteiger partial charge is 1.00 e. The number of nitrogens with two attached hydrogens (primary N) is 1. The third-order valence-corrected chi connectivity index (χ3v) is 4.87. The predicted molar refractivity (Wildman–Crippen MR) is 118 cm³/mol. The van der Waals surface area contributed by atoms with E-state index in [9.17, 15) is 14.4 Å². The van der Waals surface area contributed by atoms with Crippen LogP contribution < -0.4 is 35.3 Å². The predicted octanol–water partition coefficient (Wildman–Crippen LogP) is 2.62. The quantitative estimate of drug-likeness (QED) is 0.153. The minimum Gasteiger partial charge on any atom is -0.542 e. The minimum atomic E-state index is -1.17. The monoisotopic (exact) mass is 437 g/mol. The fourth-order valence-corrected chi connectivity index (χ4v) is 2.97. The molecule has 0 spiro atoms. The number of carboxylic acids is 2. The van der Waals surface area contributed by atoms with Crippen molar-refractivity contribution >= 4 is 18.2 Å². The van der Waals surface area contributed by atoms with Crippen LogP contribution in [0.5, 0.6) is 0 Å². The summed E-state index contributed by atoms with van der Waals surface area (Å²) in [6.45, 7) is 2.28. The molecular formula is C23H44NNaO5. The van der Waals surface area contributed by atoms with Crippen LogP contribution in [0.25, 0.3) is 0 Å². The first-order valence-electron chi connectivity index (χ1n) is 11.5. The topological polar surface area (TPSA) is 118 Å². The molecule has 0 bridgehead atoms. The Bertz CT molecular complexity index is 394. The summed E-state index contributed by atoms with van der Waals surface area (Å²) in [6.07, 6.45) is 23.0. The Morgan fingerprint density at radius 3 is 1.43 bits per heavy atom. The van der Waals surface area contributed by atoms with E-state index in [1.807, 2.05) is 6.29 Å². The molecule has 4 N–H and O–H groups in total. The molecule has 0 saturated carbocycles. The van der Waals surface area contributed by atoms with Crippen LogP contribution in [0.15, 0.2) is 0 Å². The molecule has 0 aliphatic heterocycles. The van der Waals surface area contributed by atoms with E-state index in [1.54, 1.807) is 0 Å². The van der Waals surface area contributed by atoms with Gasteiger partial charge < -0.3 is 20.7 Å². The average molecular weight is 438 g/mol. The van der Waals surface area contributed by atoms with E-state index in [-0.39, 0.29) is 42.4 Å². The smallest absolute Gasteiger partial charge is 0.542 e. The van der Waals surface area contributed by atoms with Crippen molar-refractivity contribution in [3.8, 4) is 0 Å². The number of hydrogen-bond acceptors (Lipinski definition) is 4. The molecule has 0 radical (unpaired) electrons. The third kappa shape index (κ3) is 32.2. The van der Waals surface area contributed by atoms with Crippen molar-refractivity contribution in [3.05, 3.63) is 0 Å². The Balaban J connectivity index is -0.000000563. The van der Waals surface area contributed by atoms with Gasteiger partial charge in [-0.2, -0.15) is 6.42 Å². The molecular weight excluding hydrogens is 393 g/mol. The second-order valence-electron chi connectivity index (χ2n) is 7.72. The summed E-state index contributed by atoms with van der Waals surface area (Å²) in [5, 5.41) is 16.3. The Labute approximate surface area is 206 Å². The van der Waals surface area contributed by atoms with Gasteiger partial charge in [-0.15, -0.1) is 0 Å². The standard InChI is InChI=1S/C18H35O.C5H9NO4.Na/c1-2-3-4-5-6-7-8-9-10-11-12-13-14-15-16-17-18-19;6-3(5(9)10)1-2-4(7)8;/h2-17H2,1H3;3H,1-2,6H2,(H,7,8)(H,9,10);/q-1;;+1. The van der Waals surface area contributed by atoms with E-state index in [4.69, 9.17) is 15.9 Å². The van der Waals surface area contributed by atoms with Gasteiger partial charge in [-0.25, -0.2) is 0 Å². The van der Waals surface area contributed by atoms with Crippen molar-refractivity contribution in [1.82, 2.24) is 0 Å². The summed E-state index contributed by atoms with van der Waals surface area (Å²) in [5.74, 6) is -2.20. The molecule has 0 heterocycles. The van der Waals surface area contributed by atoms with Crippen LogP contribution in [0.3, 0.4) is 0 Å². The van der Waals surface area contributed by atoms with Crippen LogP contribution in [-0.4, -0.2) is 34.5 Å². The van der Waals surface area contributed by atoms with E-state index >= 15 is 0 Å². The number of hydrogen-bond donors (Lipinski definition) is 3. The molecule has 0 aromatic heterocycles. The van der Waals surface area contributed by atoms with E-state index in [2.05, 4.69) is 6.92 Å². The average Bonchev–Trinajstić information content (AvgIpc) is 2.69. The van der Waals surface area contributed by atoms with Gasteiger partial charge in [0, 0.05) is 6.42 Å². The van der Waals surface area contributed by atoms with Crippen molar-refractivity contribution in [3.63, 3.8) is 0 Å². The van der Waals surface area contributed by atoms with Gasteiger partial charge in [0.1, 0.15) is 6.04 Å². The zero-order valence-electron chi connectivity index (χ0n) is 19.5. The molecule has 6 nitrogen and oxygen atoms in total. The van der Waals surface area contributed by atoms with Crippen molar-refractivity contribution in [2.75, 3.05) is 0 Å². The van der Waals surface area contributed by atoms with Crippen molar-refractivity contribution < 1.29 is 54.2 Å². The normalized spacial score (nSPS) is 11.0. The maximum Gasteiger partial charge on any atom is 1.00 e. The number of carbonyl (C=O) groups is 2. The first-order chi connectivity index (χ1) is 14.0. The second-order valence-corrected chi connectivity index (χ2v) is 7.72. The van der Waals surface area contributed by atoms with Crippen LogP contribution in [0, 0.1) is 0 Å². The molecule has 1 unspecified atom stereocenters. The number of carboxylic acid groups (broad SMARTS) is 2. The van der Waals surface area contributed by atoms with E-state index < -0.39 is 18.0 Å². The maximum absolute atomic E-state index is 10.0. The van der Waals surface area contributed by atoms with E-state index in [0.717, 1.165) is 6.42 Å². The fraction of sp³-hybridized carbons (Fsp3) is 0.870. The Morgan fingerprint density at radius 2 is 1.13 bits per heavy atom. The first kappa shape index (κ1) is 34.2. The number of aliphatic carboxylic acids is 2. The molecule has 0 rings (SSSR count). The molecule has 0 amide bonds. The van der Waals surface area contributed by atoms with Crippen molar-refractivity contribution in [1.29, 1.82) is 0 Å². The zero-order valence-corrected chi connectivity index (χ0v) is 21.5. The van der Waals surface area contributed by atoms with Gasteiger partial charge in [0.25, 0.3) is 0 Å². The first-order valence-corrected chi connectivity index (χ1v) is 11.5.